The maximum absolute atomic E-state index is 11.7. The summed E-state index contributed by atoms with van der Waals surface area (Å²) in [7, 11) is 0. The molecule has 1 atom stereocenters. The molecule has 1 fully saturated rings. The van der Waals surface area contributed by atoms with Crippen LogP contribution in [0.1, 0.15) is 46.5 Å². The summed E-state index contributed by atoms with van der Waals surface area (Å²) in [4.78, 5) is 22.9. The molecule has 18 heavy (non-hydrogen) atoms. The molecule has 102 valence electrons. The van der Waals surface area contributed by atoms with E-state index < -0.39 is 18.0 Å². The van der Waals surface area contributed by atoms with Gasteiger partial charge in [-0.3, -0.25) is 0 Å². The number of carbonyl (C=O) groups excluding carboxylic acids is 2. The molecule has 0 aromatic heterocycles. The molecule has 0 amide bonds. The average Bonchev–Trinajstić information content (AvgIpc) is 2.32. The van der Waals surface area contributed by atoms with E-state index in [0.717, 1.165) is 25.7 Å². The minimum absolute atomic E-state index is 0.0171. The maximum atomic E-state index is 11.7. The third-order valence-corrected chi connectivity index (χ3v) is 3.17. The zero-order chi connectivity index (χ0) is 13.5. The zero-order valence-corrected chi connectivity index (χ0v) is 11.3. The van der Waals surface area contributed by atoms with Crippen molar-refractivity contribution in [3.8, 4) is 0 Å². The van der Waals surface area contributed by atoms with Gasteiger partial charge >= 0.3 is 11.9 Å². The molecule has 0 radical (unpaired) electrons. The molecule has 0 saturated heterocycles. The van der Waals surface area contributed by atoms with Crippen molar-refractivity contribution in [2.24, 2.45) is 5.92 Å². The summed E-state index contributed by atoms with van der Waals surface area (Å²) in [5.41, 5.74) is 0. The molecule has 1 aliphatic rings. The molecule has 0 spiro atoms. The predicted molar refractivity (Wildman–Crippen MR) is 67.9 cm³/mol. The van der Waals surface area contributed by atoms with Gasteiger partial charge in [-0.1, -0.05) is 13.0 Å². The van der Waals surface area contributed by atoms with Crippen LogP contribution in [0.4, 0.5) is 0 Å². The molecule has 4 nitrogen and oxygen atoms in total. The zero-order valence-electron chi connectivity index (χ0n) is 11.3. The second-order valence-electron chi connectivity index (χ2n) is 4.90. The topological polar surface area (TPSA) is 52.6 Å². The van der Waals surface area contributed by atoms with Crippen molar-refractivity contribution >= 4 is 11.9 Å². The van der Waals surface area contributed by atoms with Gasteiger partial charge in [-0.2, -0.15) is 0 Å². The van der Waals surface area contributed by atoms with E-state index in [0.29, 0.717) is 5.92 Å². The first-order chi connectivity index (χ1) is 8.52. The van der Waals surface area contributed by atoms with Crippen molar-refractivity contribution in [3.05, 3.63) is 12.2 Å². The van der Waals surface area contributed by atoms with Crippen LogP contribution in [0.5, 0.6) is 0 Å². The van der Waals surface area contributed by atoms with E-state index in [1.165, 1.54) is 13.0 Å². The number of esters is 2. The Morgan fingerprint density at radius 2 is 1.83 bits per heavy atom. The van der Waals surface area contributed by atoms with Crippen LogP contribution in [0.2, 0.25) is 0 Å². The minimum atomic E-state index is -0.840. The quantitative estimate of drug-likeness (QED) is 0.571. The fraction of sp³-hybridized carbons (Fsp3) is 0.714. The smallest absolute Gasteiger partial charge is 0.347 e. The summed E-state index contributed by atoms with van der Waals surface area (Å²) < 4.78 is 10.3. The minimum Gasteiger partial charge on any atom is -0.460 e. The van der Waals surface area contributed by atoms with Gasteiger partial charge in [0.2, 0.25) is 0 Å². The first kappa shape index (κ1) is 14.7. The Morgan fingerprint density at radius 1 is 1.22 bits per heavy atom. The maximum Gasteiger partial charge on any atom is 0.347 e. The molecule has 1 rings (SSSR count). The van der Waals surface area contributed by atoms with Crippen LogP contribution >= 0.6 is 0 Å². The molecule has 0 bridgehead atoms. The van der Waals surface area contributed by atoms with Crippen LogP contribution in [0.25, 0.3) is 0 Å². The monoisotopic (exact) mass is 254 g/mol. The first-order valence-electron chi connectivity index (χ1n) is 6.56. The van der Waals surface area contributed by atoms with Gasteiger partial charge in [-0.15, -0.1) is 0 Å². The number of hydrogen-bond donors (Lipinski definition) is 0. The standard InChI is InChI=1S/C14H22O4/c1-4-5-13(15)17-11(3)14(16)18-12-8-6-10(2)7-9-12/h4-5,10-12H,6-9H2,1-3H3/b5-4-. The summed E-state index contributed by atoms with van der Waals surface area (Å²) >= 11 is 0. The molecule has 1 aliphatic carbocycles. The molecule has 0 heterocycles. The Bertz CT molecular complexity index is 314. The fourth-order valence-corrected chi connectivity index (χ4v) is 2.01. The summed E-state index contributed by atoms with van der Waals surface area (Å²) in [5, 5.41) is 0. The van der Waals surface area contributed by atoms with Crippen LogP contribution < -0.4 is 0 Å². The molecule has 4 heteroatoms. The lowest BCUT2D eigenvalue weighted by molar-refractivity contribution is -0.169. The molecule has 0 aromatic rings. The molecule has 0 aromatic carbocycles. The summed E-state index contributed by atoms with van der Waals surface area (Å²) in [6.07, 6.45) is 5.99. The Morgan fingerprint density at radius 3 is 2.39 bits per heavy atom. The van der Waals surface area contributed by atoms with Gasteiger partial charge in [-0.25, -0.2) is 9.59 Å². The molecule has 1 saturated carbocycles. The Kier molecular flexibility index (Phi) is 5.89. The van der Waals surface area contributed by atoms with E-state index >= 15 is 0 Å². The van der Waals surface area contributed by atoms with Crippen molar-refractivity contribution in [2.45, 2.75) is 58.7 Å². The van der Waals surface area contributed by atoms with Crippen molar-refractivity contribution in [2.75, 3.05) is 0 Å². The normalized spacial score (nSPS) is 25.7. The first-order valence-corrected chi connectivity index (χ1v) is 6.56. The Balaban J connectivity index is 2.33. The molecule has 1 unspecified atom stereocenters. The Labute approximate surface area is 108 Å². The van der Waals surface area contributed by atoms with E-state index in [4.69, 9.17) is 9.47 Å². The molecule has 0 N–H and O–H groups in total. The third kappa shape index (κ3) is 4.90. The fourth-order valence-electron chi connectivity index (χ4n) is 2.01. The summed E-state index contributed by atoms with van der Waals surface area (Å²) in [6, 6.07) is 0. The van der Waals surface area contributed by atoms with Crippen molar-refractivity contribution in [3.63, 3.8) is 0 Å². The molecular formula is C14H22O4. The molecule has 0 aliphatic heterocycles. The van der Waals surface area contributed by atoms with E-state index in [1.54, 1.807) is 13.0 Å². The number of allylic oxidation sites excluding steroid dienone is 1. The van der Waals surface area contributed by atoms with Gasteiger partial charge in [-0.05, 0) is 45.4 Å². The second kappa shape index (κ2) is 7.19. The SMILES string of the molecule is C/C=C\C(=O)OC(C)C(=O)OC1CCC(C)CC1. The predicted octanol–water partition coefficient (Wildman–Crippen LogP) is 2.62. The second-order valence-corrected chi connectivity index (χ2v) is 4.90. The lowest BCUT2D eigenvalue weighted by atomic mass is 9.89. The highest BCUT2D eigenvalue weighted by Crippen LogP contribution is 2.25. The number of carbonyl (C=O) groups is 2. The lowest BCUT2D eigenvalue weighted by Gasteiger charge is -2.26. The van der Waals surface area contributed by atoms with E-state index in [-0.39, 0.29) is 6.10 Å². The van der Waals surface area contributed by atoms with Crippen molar-refractivity contribution < 1.29 is 19.1 Å². The van der Waals surface area contributed by atoms with Crippen LogP contribution in [-0.2, 0) is 19.1 Å². The highest BCUT2D eigenvalue weighted by molar-refractivity contribution is 5.85. The largest absolute Gasteiger partial charge is 0.460 e. The highest BCUT2D eigenvalue weighted by atomic mass is 16.6. The number of rotatable bonds is 4. The van der Waals surface area contributed by atoms with E-state index in [9.17, 15) is 9.59 Å². The highest BCUT2D eigenvalue weighted by Gasteiger charge is 2.25. The number of ether oxygens (including phenoxy) is 2. The van der Waals surface area contributed by atoms with Gasteiger partial charge in [0.25, 0.3) is 0 Å². The Hall–Kier alpha value is -1.32. The summed E-state index contributed by atoms with van der Waals surface area (Å²) in [5.74, 6) is -0.253. The van der Waals surface area contributed by atoms with Crippen LogP contribution in [0.3, 0.4) is 0 Å². The van der Waals surface area contributed by atoms with E-state index in [1.807, 2.05) is 0 Å². The number of hydrogen-bond acceptors (Lipinski definition) is 4. The van der Waals surface area contributed by atoms with Crippen LogP contribution in [-0.4, -0.2) is 24.1 Å². The average molecular weight is 254 g/mol. The van der Waals surface area contributed by atoms with Gasteiger partial charge in [0.15, 0.2) is 6.10 Å². The van der Waals surface area contributed by atoms with Crippen molar-refractivity contribution in [1.82, 2.24) is 0 Å². The van der Waals surface area contributed by atoms with E-state index in [2.05, 4.69) is 6.92 Å². The van der Waals surface area contributed by atoms with Crippen molar-refractivity contribution in [1.29, 1.82) is 0 Å². The van der Waals surface area contributed by atoms with Gasteiger partial charge in [0, 0.05) is 6.08 Å². The summed E-state index contributed by atoms with van der Waals surface area (Å²) in [6.45, 7) is 5.46. The van der Waals surface area contributed by atoms with Gasteiger partial charge in [0.05, 0.1) is 0 Å². The van der Waals surface area contributed by atoms with Gasteiger partial charge in [0.1, 0.15) is 6.10 Å². The van der Waals surface area contributed by atoms with Crippen LogP contribution in [0, 0.1) is 5.92 Å². The third-order valence-electron chi connectivity index (χ3n) is 3.17. The molecular weight excluding hydrogens is 232 g/mol. The van der Waals surface area contributed by atoms with Gasteiger partial charge < -0.3 is 9.47 Å². The van der Waals surface area contributed by atoms with Crippen LogP contribution in [0.15, 0.2) is 12.2 Å². The lowest BCUT2D eigenvalue weighted by Crippen LogP contribution is -2.31.